The van der Waals surface area contributed by atoms with Crippen molar-refractivity contribution in [2.45, 2.75) is 18.4 Å². The maximum absolute atomic E-state index is 13.3. The molecule has 0 aliphatic rings. The topological polar surface area (TPSA) is 57.7 Å². The van der Waals surface area contributed by atoms with Crippen molar-refractivity contribution < 1.29 is 13.2 Å². The van der Waals surface area contributed by atoms with Crippen LogP contribution < -0.4 is 4.31 Å². The molecule has 0 aliphatic heterocycles. The van der Waals surface area contributed by atoms with Gasteiger partial charge in [0.05, 0.1) is 10.6 Å². The van der Waals surface area contributed by atoms with Gasteiger partial charge in [0, 0.05) is 18.1 Å². The van der Waals surface area contributed by atoms with E-state index in [0.29, 0.717) is 12.2 Å². The third-order valence-corrected chi connectivity index (χ3v) is 6.95. The maximum Gasteiger partial charge on any atom is 0.264 e. The number of amides is 1. The summed E-state index contributed by atoms with van der Waals surface area (Å²) >= 11 is 3.38. The first-order valence-electron chi connectivity index (χ1n) is 9.40. The van der Waals surface area contributed by atoms with E-state index in [9.17, 15) is 13.2 Å². The lowest BCUT2D eigenvalue weighted by Crippen LogP contribution is -2.41. The van der Waals surface area contributed by atoms with Crippen molar-refractivity contribution in [3.63, 3.8) is 0 Å². The first-order valence-corrected chi connectivity index (χ1v) is 11.6. The van der Waals surface area contributed by atoms with E-state index < -0.39 is 10.0 Å². The Bertz CT molecular complexity index is 1120. The van der Waals surface area contributed by atoms with Gasteiger partial charge in [-0.25, -0.2) is 8.42 Å². The minimum atomic E-state index is -3.91. The summed E-state index contributed by atoms with van der Waals surface area (Å²) in [6.07, 6.45) is 0. The number of hydrogen-bond acceptors (Lipinski definition) is 3. The Labute approximate surface area is 186 Å². The van der Waals surface area contributed by atoms with Gasteiger partial charge in [0.1, 0.15) is 6.54 Å². The molecule has 0 unspecified atom stereocenters. The molecule has 0 saturated carbocycles. The van der Waals surface area contributed by atoms with E-state index in [1.807, 2.05) is 37.3 Å². The molecule has 5 nitrogen and oxygen atoms in total. The van der Waals surface area contributed by atoms with Crippen molar-refractivity contribution in [3.05, 3.63) is 94.5 Å². The van der Waals surface area contributed by atoms with Crippen molar-refractivity contribution in [1.29, 1.82) is 0 Å². The van der Waals surface area contributed by atoms with Gasteiger partial charge in [0.15, 0.2) is 0 Å². The molecule has 0 saturated heterocycles. The van der Waals surface area contributed by atoms with Crippen LogP contribution in [0, 0.1) is 6.92 Å². The number of hydrogen-bond donors (Lipinski definition) is 0. The molecule has 3 aromatic carbocycles. The third-order valence-electron chi connectivity index (χ3n) is 4.67. The summed E-state index contributed by atoms with van der Waals surface area (Å²) in [5.41, 5.74) is 2.55. The predicted molar refractivity (Wildman–Crippen MR) is 123 cm³/mol. The van der Waals surface area contributed by atoms with E-state index in [4.69, 9.17) is 0 Å². The first kappa shape index (κ1) is 22.1. The number of nitrogens with zero attached hydrogens (tertiary/aromatic N) is 2. The van der Waals surface area contributed by atoms with E-state index in [2.05, 4.69) is 15.9 Å². The molecule has 3 rings (SSSR count). The van der Waals surface area contributed by atoms with Crippen LogP contribution in [-0.2, 0) is 21.4 Å². The summed E-state index contributed by atoms with van der Waals surface area (Å²) in [6, 6.07) is 23.0. The monoisotopic (exact) mass is 486 g/mol. The number of halogens is 1. The Morgan fingerprint density at radius 1 is 0.933 bits per heavy atom. The fourth-order valence-corrected chi connectivity index (χ4v) is 4.78. The van der Waals surface area contributed by atoms with E-state index >= 15 is 0 Å². The lowest BCUT2D eigenvalue weighted by atomic mass is 10.1. The molecule has 0 bridgehead atoms. The molecule has 30 heavy (non-hydrogen) atoms. The number of anilines is 1. The highest BCUT2D eigenvalue weighted by molar-refractivity contribution is 9.10. The Hall–Kier alpha value is -2.64. The molecule has 0 spiro atoms. The maximum atomic E-state index is 13.3. The van der Waals surface area contributed by atoms with Crippen LogP contribution in [-0.4, -0.2) is 32.8 Å². The standard InChI is InChI=1S/C23H23BrN2O3S/c1-18-11-13-19(14-12-18)16-25(2)23(27)17-26(21-8-6-7-20(24)15-21)30(28,29)22-9-4-3-5-10-22/h3-15H,16-17H2,1-2H3. The molecule has 0 aromatic heterocycles. The summed E-state index contributed by atoms with van der Waals surface area (Å²) in [4.78, 5) is 14.6. The van der Waals surface area contributed by atoms with E-state index in [1.54, 1.807) is 43.4 Å². The fraction of sp³-hybridized carbons (Fsp3) is 0.174. The number of benzene rings is 3. The van der Waals surface area contributed by atoms with E-state index in [0.717, 1.165) is 19.9 Å². The van der Waals surface area contributed by atoms with Gasteiger partial charge in [-0.3, -0.25) is 9.10 Å². The minimum absolute atomic E-state index is 0.138. The van der Waals surface area contributed by atoms with Crippen LogP contribution in [0.15, 0.2) is 88.2 Å². The quantitative estimate of drug-likeness (QED) is 0.489. The third kappa shape index (κ3) is 5.29. The largest absolute Gasteiger partial charge is 0.340 e. The van der Waals surface area contributed by atoms with Gasteiger partial charge >= 0.3 is 0 Å². The second kappa shape index (κ2) is 9.45. The van der Waals surface area contributed by atoms with Gasteiger partial charge in [0.25, 0.3) is 10.0 Å². The molecule has 0 N–H and O–H groups in total. The first-order chi connectivity index (χ1) is 14.3. The van der Waals surface area contributed by atoms with Crippen LogP contribution >= 0.6 is 15.9 Å². The summed E-state index contributed by atoms with van der Waals surface area (Å²) in [5.74, 6) is -0.296. The lowest BCUT2D eigenvalue weighted by molar-refractivity contribution is -0.128. The Balaban J connectivity index is 1.89. The number of sulfonamides is 1. The van der Waals surface area contributed by atoms with Crippen molar-refractivity contribution in [3.8, 4) is 0 Å². The van der Waals surface area contributed by atoms with E-state index in [1.165, 1.54) is 17.0 Å². The average molecular weight is 487 g/mol. The van der Waals surface area contributed by atoms with Crippen LogP contribution in [0.4, 0.5) is 5.69 Å². The van der Waals surface area contributed by atoms with Gasteiger partial charge < -0.3 is 4.90 Å². The summed E-state index contributed by atoms with van der Waals surface area (Å²) < 4.78 is 28.6. The van der Waals surface area contributed by atoms with Crippen molar-refractivity contribution >= 4 is 37.5 Å². The molecule has 156 valence electrons. The molecular formula is C23H23BrN2O3S. The predicted octanol–water partition coefficient (Wildman–Crippen LogP) is 4.61. The molecular weight excluding hydrogens is 464 g/mol. The molecule has 0 atom stereocenters. The van der Waals surface area contributed by atoms with Gasteiger partial charge in [-0.2, -0.15) is 0 Å². The van der Waals surface area contributed by atoms with Crippen LogP contribution in [0.5, 0.6) is 0 Å². The molecule has 0 aliphatic carbocycles. The van der Waals surface area contributed by atoms with Crippen molar-refractivity contribution in [1.82, 2.24) is 4.90 Å². The summed E-state index contributed by atoms with van der Waals surface area (Å²) in [5, 5.41) is 0. The molecule has 7 heteroatoms. The average Bonchev–Trinajstić information content (AvgIpc) is 2.74. The van der Waals surface area contributed by atoms with Crippen LogP contribution in [0.2, 0.25) is 0 Å². The lowest BCUT2D eigenvalue weighted by Gasteiger charge is -2.27. The SMILES string of the molecule is Cc1ccc(CN(C)C(=O)CN(c2cccc(Br)c2)S(=O)(=O)c2ccccc2)cc1. The zero-order valence-corrected chi connectivity index (χ0v) is 19.2. The van der Waals surface area contributed by atoms with Crippen LogP contribution in [0.25, 0.3) is 0 Å². The zero-order valence-electron chi connectivity index (χ0n) is 16.8. The smallest absolute Gasteiger partial charge is 0.264 e. The minimum Gasteiger partial charge on any atom is -0.340 e. The highest BCUT2D eigenvalue weighted by Gasteiger charge is 2.28. The second-order valence-corrected chi connectivity index (χ2v) is 9.82. The number of carbonyl (C=O) groups excluding carboxylic acids is 1. The fourth-order valence-electron chi connectivity index (χ4n) is 2.97. The normalized spacial score (nSPS) is 11.2. The van der Waals surface area contributed by atoms with Gasteiger partial charge in [-0.05, 0) is 42.8 Å². The summed E-state index contributed by atoms with van der Waals surface area (Å²) in [7, 11) is -2.24. The van der Waals surface area contributed by atoms with E-state index in [-0.39, 0.29) is 17.3 Å². The van der Waals surface area contributed by atoms with Gasteiger partial charge in [0.2, 0.25) is 5.91 Å². The van der Waals surface area contributed by atoms with Crippen molar-refractivity contribution in [2.75, 3.05) is 17.9 Å². The highest BCUT2D eigenvalue weighted by Crippen LogP contribution is 2.26. The molecule has 1 amide bonds. The second-order valence-electron chi connectivity index (χ2n) is 7.04. The molecule has 3 aromatic rings. The number of aryl methyl sites for hydroxylation is 1. The Morgan fingerprint density at radius 3 is 2.23 bits per heavy atom. The van der Waals surface area contributed by atoms with Crippen molar-refractivity contribution in [2.24, 2.45) is 0 Å². The number of likely N-dealkylation sites (N-methyl/N-ethyl adjacent to an activating group) is 1. The number of carbonyl (C=O) groups is 1. The van der Waals surface area contributed by atoms with Gasteiger partial charge in [-0.15, -0.1) is 0 Å². The summed E-state index contributed by atoms with van der Waals surface area (Å²) in [6.45, 7) is 2.11. The molecule has 0 radical (unpaired) electrons. The highest BCUT2D eigenvalue weighted by atomic mass is 79.9. The number of rotatable bonds is 7. The van der Waals surface area contributed by atoms with Crippen LogP contribution in [0.1, 0.15) is 11.1 Å². The van der Waals surface area contributed by atoms with Gasteiger partial charge in [-0.1, -0.05) is 70.0 Å². The Kier molecular flexibility index (Phi) is 6.95. The molecule has 0 fully saturated rings. The zero-order chi connectivity index (χ0) is 21.7. The Morgan fingerprint density at radius 2 is 1.60 bits per heavy atom. The van der Waals surface area contributed by atoms with Crippen LogP contribution in [0.3, 0.4) is 0 Å². The molecule has 0 heterocycles.